The molecule has 17 heavy (non-hydrogen) atoms. The lowest BCUT2D eigenvalue weighted by Crippen LogP contribution is -2.21. The minimum atomic E-state index is 0.196. The van der Waals surface area contributed by atoms with E-state index in [0.717, 1.165) is 35.7 Å². The molecule has 0 saturated heterocycles. The van der Waals surface area contributed by atoms with Gasteiger partial charge in [-0.05, 0) is 25.0 Å². The summed E-state index contributed by atoms with van der Waals surface area (Å²) in [4.78, 5) is 2.09. The third kappa shape index (κ3) is 3.27. The number of anilines is 1. The van der Waals surface area contributed by atoms with Gasteiger partial charge >= 0.3 is 0 Å². The van der Waals surface area contributed by atoms with E-state index in [9.17, 15) is 0 Å². The highest BCUT2D eigenvalue weighted by molar-refractivity contribution is 5.65. The molecule has 96 valence electrons. The third-order valence-corrected chi connectivity index (χ3v) is 2.73. The standard InChI is InChI=1S/C13H21NO3/c1-10-8-11(16-3)9-12(17-4)13(10)14(2)6-5-7-15/h8-9,15H,5-7H2,1-4H3. The molecule has 0 aromatic heterocycles. The zero-order valence-corrected chi connectivity index (χ0v) is 11.0. The van der Waals surface area contributed by atoms with Gasteiger partial charge in [0.1, 0.15) is 11.5 Å². The Kier molecular flexibility index (Phi) is 5.10. The third-order valence-electron chi connectivity index (χ3n) is 2.73. The second kappa shape index (κ2) is 6.35. The smallest absolute Gasteiger partial charge is 0.146 e. The van der Waals surface area contributed by atoms with Gasteiger partial charge in [-0.25, -0.2) is 0 Å². The summed E-state index contributed by atoms with van der Waals surface area (Å²) >= 11 is 0. The zero-order chi connectivity index (χ0) is 12.8. The van der Waals surface area contributed by atoms with Gasteiger partial charge in [-0.1, -0.05) is 0 Å². The van der Waals surface area contributed by atoms with Crippen LogP contribution in [0.1, 0.15) is 12.0 Å². The molecule has 0 heterocycles. The number of aliphatic hydroxyl groups is 1. The van der Waals surface area contributed by atoms with Gasteiger partial charge in [0.05, 0.1) is 19.9 Å². The molecule has 1 aromatic carbocycles. The number of aliphatic hydroxyl groups excluding tert-OH is 1. The Labute approximate surface area is 103 Å². The number of benzene rings is 1. The van der Waals surface area contributed by atoms with Gasteiger partial charge in [0.25, 0.3) is 0 Å². The van der Waals surface area contributed by atoms with Gasteiger partial charge in [0, 0.05) is 26.3 Å². The first-order valence-electron chi connectivity index (χ1n) is 5.68. The largest absolute Gasteiger partial charge is 0.497 e. The summed E-state index contributed by atoms with van der Waals surface area (Å²) in [5.41, 5.74) is 2.14. The Balaban J connectivity index is 3.04. The van der Waals surface area contributed by atoms with Crippen molar-refractivity contribution in [1.29, 1.82) is 0 Å². The van der Waals surface area contributed by atoms with E-state index in [1.807, 2.05) is 26.1 Å². The maximum Gasteiger partial charge on any atom is 0.146 e. The highest BCUT2D eigenvalue weighted by Crippen LogP contribution is 2.35. The van der Waals surface area contributed by atoms with Crippen molar-refractivity contribution in [2.45, 2.75) is 13.3 Å². The fourth-order valence-corrected chi connectivity index (χ4v) is 1.90. The average molecular weight is 239 g/mol. The minimum Gasteiger partial charge on any atom is -0.497 e. The number of nitrogens with zero attached hydrogens (tertiary/aromatic N) is 1. The molecule has 0 fully saturated rings. The molecule has 0 atom stereocenters. The first-order valence-corrected chi connectivity index (χ1v) is 5.68. The van der Waals surface area contributed by atoms with Crippen LogP contribution in [0.15, 0.2) is 12.1 Å². The molecule has 0 bridgehead atoms. The SMILES string of the molecule is COc1cc(C)c(N(C)CCCO)c(OC)c1. The van der Waals surface area contributed by atoms with Gasteiger partial charge in [0.15, 0.2) is 0 Å². The van der Waals surface area contributed by atoms with E-state index in [2.05, 4.69) is 4.90 Å². The summed E-state index contributed by atoms with van der Waals surface area (Å²) in [6, 6.07) is 3.85. The van der Waals surface area contributed by atoms with Crippen molar-refractivity contribution in [1.82, 2.24) is 0 Å². The van der Waals surface area contributed by atoms with E-state index >= 15 is 0 Å². The molecule has 4 nitrogen and oxygen atoms in total. The maximum atomic E-state index is 8.86. The van der Waals surface area contributed by atoms with Crippen LogP contribution in [-0.4, -0.2) is 39.5 Å². The Hall–Kier alpha value is -1.42. The molecular weight excluding hydrogens is 218 g/mol. The summed E-state index contributed by atoms with van der Waals surface area (Å²) in [6.07, 6.45) is 0.741. The lowest BCUT2D eigenvalue weighted by molar-refractivity contribution is 0.290. The zero-order valence-electron chi connectivity index (χ0n) is 11.0. The molecular formula is C13H21NO3. The van der Waals surface area contributed by atoms with Crippen LogP contribution in [0, 0.1) is 6.92 Å². The van der Waals surface area contributed by atoms with E-state index in [1.54, 1.807) is 14.2 Å². The van der Waals surface area contributed by atoms with Gasteiger partial charge < -0.3 is 19.5 Å². The Morgan fingerprint density at radius 3 is 2.47 bits per heavy atom. The minimum absolute atomic E-state index is 0.196. The molecule has 0 unspecified atom stereocenters. The molecule has 0 saturated carbocycles. The van der Waals surface area contributed by atoms with Crippen LogP contribution in [0.4, 0.5) is 5.69 Å². The van der Waals surface area contributed by atoms with E-state index < -0.39 is 0 Å². The first-order chi connectivity index (χ1) is 8.13. The van der Waals surface area contributed by atoms with Gasteiger partial charge in [-0.3, -0.25) is 0 Å². The van der Waals surface area contributed by atoms with Gasteiger partial charge in [-0.2, -0.15) is 0 Å². The molecule has 0 aliphatic carbocycles. The Morgan fingerprint density at radius 1 is 1.24 bits per heavy atom. The van der Waals surface area contributed by atoms with Crippen LogP contribution in [0.2, 0.25) is 0 Å². The summed E-state index contributed by atoms with van der Waals surface area (Å²) in [5.74, 6) is 1.58. The number of rotatable bonds is 6. The Bertz CT molecular complexity index is 366. The van der Waals surface area contributed by atoms with Gasteiger partial charge in [-0.15, -0.1) is 0 Å². The molecule has 0 radical (unpaired) electrons. The van der Waals surface area contributed by atoms with Crippen LogP contribution in [-0.2, 0) is 0 Å². The molecule has 1 N–H and O–H groups in total. The van der Waals surface area contributed by atoms with Crippen molar-refractivity contribution in [3.63, 3.8) is 0 Å². The summed E-state index contributed by atoms with van der Waals surface area (Å²) in [6.45, 7) is 3.01. The molecule has 0 aliphatic rings. The van der Waals surface area contributed by atoms with Crippen molar-refractivity contribution in [3.8, 4) is 11.5 Å². The molecule has 4 heteroatoms. The van der Waals surface area contributed by atoms with Crippen LogP contribution in [0.3, 0.4) is 0 Å². The molecule has 0 aliphatic heterocycles. The van der Waals surface area contributed by atoms with Crippen molar-refractivity contribution >= 4 is 5.69 Å². The van der Waals surface area contributed by atoms with Crippen LogP contribution < -0.4 is 14.4 Å². The predicted molar refractivity (Wildman–Crippen MR) is 69.3 cm³/mol. The number of aryl methyl sites for hydroxylation is 1. The van der Waals surface area contributed by atoms with Gasteiger partial charge in [0.2, 0.25) is 0 Å². The number of ether oxygens (including phenoxy) is 2. The van der Waals surface area contributed by atoms with Crippen molar-refractivity contribution in [2.75, 3.05) is 39.3 Å². The quantitative estimate of drug-likeness (QED) is 0.822. The first kappa shape index (κ1) is 13.6. The van der Waals surface area contributed by atoms with Crippen LogP contribution in [0.5, 0.6) is 11.5 Å². The fourth-order valence-electron chi connectivity index (χ4n) is 1.90. The predicted octanol–water partition coefficient (Wildman–Crippen LogP) is 1.83. The highest BCUT2D eigenvalue weighted by Gasteiger charge is 2.13. The average Bonchev–Trinajstić information content (AvgIpc) is 2.34. The molecule has 0 spiro atoms. The number of hydrogen-bond donors (Lipinski definition) is 1. The summed E-state index contributed by atoms with van der Waals surface area (Å²) in [5, 5.41) is 8.86. The lowest BCUT2D eigenvalue weighted by atomic mass is 10.1. The molecule has 0 amide bonds. The topological polar surface area (TPSA) is 41.9 Å². The number of methoxy groups -OCH3 is 2. The summed E-state index contributed by atoms with van der Waals surface area (Å²) < 4.78 is 10.6. The van der Waals surface area contributed by atoms with Crippen molar-refractivity contribution in [2.24, 2.45) is 0 Å². The normalized spacial score (nSPS) is 10.2. The molecule has 1 aromatic rings. The van der Waals surface area contributed by atoms with E-state index in [1.165, 1.54) is 0 Å². The van der Waals surface area contributed by atoms with E-state index in [0.29, 0.717) is 0 Å². The monoisotopic (exact) mass is 239 g/mol. The molecule has 1 rings (SSSR count). The highest BCUT2D eigenvalue weighted by atomic mass is 16.5. The number of hydrogen-bond acceptors (Lipinski definition) is 4. The van der Waals surface area contributed by atoms with Crippen molar-refractivity contribution < 1.29 is 14.6 Å². The van der Waals surface area contributed by atoms with Crippen molar-refractivity contribution in [3.05, 3.63) is 17.7 Å². The Morgan fingerprint density at radius 2 is 1.94 bits per heavy atom. The lowest BCUT2D eigenvalue weighted by Gasteiger charge is -2.24. The second-order valence-electron chi connectivity index (χ2n) is 3.99. The van der Waals surface area contributed by atoms with E-state index in [4.69, 9.17) is 14.6 Å². The second-order valence-corrected chi connectivity index (χ2v) is 3.99. The van der Waals surface area contributed by atoms with Crippen LogP contribution >= 0.6 is 0 Å². The van der Waals surface area contributed by atoms with Crippen LogP contribution in [0.25, 0.3) is 0 Å². The fraction of sp³-hybridized carbons (Fsp3) is 0.538. The summed E-state index contributed by atoms with van der Waals surface area (Å²) in [7, 11) is 5.29. The van der Waals surface area contributed by atoms with E-state index in [-0.39, 0.29) is 6.61 Å². The maximum absolute atomic E-state index is 8.86.